The third-order valence-corrected chi connectivity index (χ3v) is 4.80. The minimum Gasteiger partial charge on any atom is -0.325 e. The number of rotatable bonds is 5. The van der Waals surface area contributed by atoms with Crippen LogP contribution in [0.25, 0.3) is 10.6 Å². The van der Waals surface area contributed by atoms with Gasteiger partial charge in [0.15, 0.2) is 0 Å². The molecule has 1 amide bonds. The summed E-state index contributed by atoms with van der Waals surface area (Å²) in [6.07, 6.45) is 1.79. The molecule has 0 fully saturated rings. The summed E-state index contributed by atoms with van der Waals surface area (Å²) in [5.41, 5.74) is 1.87. The Morgan fingerprint density at radius 2 is 1.86 bits per heavy atom. The Balaban J connectivity index is 1.55. The lowest BCUT2D eigenvalue weighted by atomic mass is 10.2. The van der Waals surface area contributed by atoms with E-state index >= 15 is 0 Å². The number of anilines is 1. The molecular formula is C17H14N2OS2. The lowest BCUT2D eigenvalue weighted by Crippen LogP contribution is -2.13. The number of thiazole rings is 1. The van der Waals surface area contributed by atoms with E-state index < -0.39 is 0 Å². The van der Waals surface area contributed by atoms with Crippen LogP contribution in [0.2, 0.25) is 0 Å². The molecule has 0 saturated heterocycles. The molecule has 0 unspecified atom stereocenters. The highest BCUT2D eigenvalue weighted by Gasteiger charge is 2.05. The fourth-order valence-electron chi connectivity index (χ4n) is 1.92. The summed E-state index contributed by atoms with van der Waals surface area (Å²) in [4.78, 5) is 17.3. The zero-order chi connectivity index (χ0) is 15.2. The molecule has 0 saturated carbocycles. The van der Waals surface area contributed by atoms with Crippen molar-refractivity contribution >= 4 is 34.7 Å². The topological polar surface area (TPSA) is 42.0 Å². The van der Waals surface area contributed by atoms with Crippen LogP contribution in [-0.2, 0) is 4.79 Å². The third kappa shape index (κ3) is 3.96. The van der Waals surface area contributed by atoms with Gasteiger partial charge in [-0.25, -0.2) is 4.98 Å². The van der Waals surface area contributed by atoms with Gasteiger partial charge in [0.05, 0.1) is 5.75 Å². The van der Waals surface area contributed by atoms with E-state index in [1.54, 1.807) is 17.5 Å². The maximum absolute atomic E-state index is 12.0. The van der Waals surface area contributed by atoms with Crippen LogP contribution >= 0.6 is 23.1 Å². The highest BCUT2D eigenvalue weighted by Crippen LogP contribution is 2.23. The molecule has 0 radical (unpaired) electrons. The van der Waals surface area contributed by atoms with E-state index in [4.69, 9.17) is 0 Å². The van der Waals surface area contributed by atoms with Crippen molar-refractivity contribution in [3.05, 3.63) is 66.2 Å². The van der Waals surface area contributed by atoms with E-state index in [0.29, 0.717) is 5.75 Å². The first-order valence-corrected chi connectivity index (χ1v) is 8.65. The van der Waals surface area contributed by atoms with E-state index in [2.05, 4.69) is 10.3 Å². The molecule has 0 atom stereocenters. The number of nitrogens with zero attached hydrogens (tertiary/aromatic N) is 1. The Hall–Kier alpha value is -2.11. The number of thioether (sulfide) groups is 1. The first-order chi connectivity index (χ1) is 10.8. The summed E-state index contributed by atoms with van der Waals surface area (Å²) < 4.78 is 0. The molecule has 1 heterocycles. The molecule has 3 nitrogen and oxygen atoms in total. The molecule has 0 aliphatic heterocycles. The van der Waals surface area contributed by atoms with Crippen molar-refractivity contribution in [3.63, 3.8) is 0 Å². The lowest BCUT2D eigenvalue weighted by Gasteiger charge is -2.06. The van der Waals surface area contributed by atoms with Gasteiger partial charge in [-0.2, -0.15) is 0 Å². The number of aromatic nitrogens is 1. The first-order valence-electron chi connectivity index (χ1n) is 6.79. The van der Waals surface area contributed by atoms with Crippen LogP contribution < -0.4 is 5.32 Å². The van der Waals surface area contributed by atoms with Crippen LogP contribution in [0.15, 0.2) is 71.1 Å². The summed E-state index contributed by atoms with van der Waals surface area (Å²) in [6, 6.07) is 17.7. The van der Waals surface area contributed by atoms with Gasteiger partial charge >= 0.3 is 0 Å². The van der Waals surface area contributed by atoms with E-state index in [9.17, 15) is 4.79 Å². The fraction of sp³-hybridized carbons (Fsp3) is 0.0588. The summed E-state index contributed by atoms with van der Waals surface area (Å²) >= 11 is 3.13. The molecule has 110 valence electrons. The van der Waals surface area contributed by atoms with Gasteiger partial charge in [0.2, 0.25) is 5.91 Å². The normalized spacial score (nSPS) is 10.4. The number of amides is 1. The maximum atomic E-state index is 12.0. The number of carbonyl (C=O) groups is 1. The van der Waals surface area contributed by atoms with Crippen molar-refractivity contribution in [2.75, 3.05) is 11.1 Å². The quantitative estimate of drug-likeness (QED) is 0.700. The summed E-state index contributed by atoms with van der Waals surface area (Å²) in [5, 5.41) is 5.84. The predicted molar refractivity (Wildman–Crippen MR) is 93.3 cm³/mol. The van der Waals surface area contributed by atoms with Gasteiger partial charge in [0.1, 0.15) is 5.01 Å². The van der Waals surface area contributed by atoms with Crippen LogP contribution in [-0.4, -0.2) is 16.6 Å². The monoisotopic (exact) mass is 326 g/mol. The Morgan fingerprint density at radius 1 is 1.09 bits per heavy atom. The first kappa shape index (κ1) is 14.8. The summed E-state index contributed by atoms with van der Waals surface area (Å²) in [7, 11) is 0. The second-order valence-electron chi connectivity index (χ2n) is 4.56. The van der Waals surface area contributed by atoms with Crippen molar-refractivity contribution in [2.24, 2.45) is 0 Å². The summed E-state index contributed by atoms with van der Waals surface area (Å²) in [5.74, 6) is 0.397. The van der Waals surface area contributed by atoms with Crippen LogP contribution in [0, 0.1) is 0 Å². The highest BCUT2D eigenvalue weighted by molar-refractivity contribution is 8.00. The molecule has 0 bridgehead atoms. The van der Waals surface area contributed by atoms with Gasteiger partial charge in [0, 0.05) is 27.7 Å². The van der Waals surface area contributed by atoms with Crippen molar-refractivity contribution < 1.29 is 4.79 Å². The Kier molecular flexibility index (Phi) is 4.88. The second kappa shape index (κ2) is 7.24. The van der Waals surface area contributed by atoms with Gasteiger partial charge in [0.25, 0.3) is 0 Å². The van der Waals surface area contributed by atoms with Gasteiger partial charge in [-0.3, -0.25) is 4.79 Å². The largest absolute Gasteiger partial charge is 0.325 e. The predicted octanol–water partition coefficient (Wildman–Crippen LogP) is 4.54. The fourth-order valence-corrected chi connectivity index (χ4v) is 3.29. The van der Waals surface area contributed by atoms with Crippen LogP contribution in [0.5, 0.6) is 0 Å². The standard InChI is InChI=1S/C17H14N2OS2/c20-16(12-22-15-4-2-1-3-5-15)19-14-8-6-13(7-9-14)17-18-10-11-21-17/h1-11H,12H2,(H,19,20). The molecular weight excluding hydrogens is 312 g/mol. The number of benzene rings is 2. The molecule has 0 aliphatic carbocycles. The van der Waals surface area contributed by atoms with Gasteiger partial charge in [-0.15, -0.1) is 23.1 Å². The van der Waals surface area contributed by atoms with E-state index in [-0.39, 0.29) is 5.91 Å². The molecule has 5 heteroatoms. The second-order valence-corrected chi connectivity index (χ2v) is 6.51. The van der Waals surface area contributed by atoms with E-state index in [1.165, 1.54) is 11.8 Å². The molecule has 3 aromatic rings. The minimum absolute atomic E-state index is 0.00384. The van der Waals surface area contributed by atoms with Gasteiger partial charge < -0.3 is 5.32 Å². The van der Waals surface area contributed by atoms with Crippen molar-refractivity contribution in [1.29, 1.82) is 0 Å². The smallest absolute Gasteiger partial charge is 0.234 e. The molecule has 0 aliphatic rings. The molecule has 1 aromatic heterocycles. The number of hydrogen-bond donors (Lipinski definition) is 1. The number of carbonyl (C=O) groups excluding carboxylic acids is 1. The molecule has 3 rings (SSSR count). The van der Waals surface area contributed by atoms with Crippen molar-refractivity contribution in [3.8, 4) is 10.6 Å². The zero-order valence-electron chi connectivity index (χ0n) is 11.7. The van der Waals surface area contributed by atoms with Gasteiger partial charge in [-0.1, -0.05) is 18.2 Å². The lowest BCUT2D eigenvalue weighted by molar-refractivity contribution is -0.113. The van der Waals surface area contributed by atoms with E-state index in [0.717, 1.165) is 21.2 Å². The molecule has 22 heavy (non-hydrogen) atoms. The SMILES string of the molecule is O=C(CSc1ccccc1)Nc1ccc(-c2nccs2)cc1. The molecule has 0 spiro atoms. The van der Waals surface area contributed by atoms with Crippen LogP contribution in [0.4, 0.5) is 5.69 Å². The minimum atomic E-state index is -0.00384. The maximum Gasteiger partial charge on any atom is 0.234 e. The number of hydrogen-bond acceptors (Lipinski definition) is 4. The molecule has 2 aromatic carbocycles. The number of nitrogens with one attached hydrogen (secondary N) is 1. The van der Waals surface area contributed by atoms with Crippen LogP contribution in [0.3, 0.4) is 0 Å². The molecule has 1 N–H and O–H groups in total. The average molecular weight is 326 g/mol. The van der Waals surface area contributed by atoms with Crippen molar-refractivity contribution in [2.45, 2.75) is 4.90 Å². The Morgan fingerprint density at radius 3 is 2.55 bits per heavy atom. The van der Waals surface area contributed by atoms with E-state index in [1.807, 2.05) is 60.0 Å². The van der Waals surface area contributed by atoms with Gasteiger partial charge in [-0.05, 0) is 36.4 Å². The van der Waals surface area contributed by atoms with Crippen LogP contribution in [0.1, 0.15) is 0 Å². The Bertz CT molecular complexity index is 725. The summed E-state index contributed by atoms with van der Waals surface area (Å²) in [6.45, 7) is 0. The van der Waals surface area contributed by atoms with Crippen molar-refractivity contribution in [1.82, 2.24) is 4.98 Å². The zero-order valence-corrected chi connectivity index (χ0v) is 13.4. The third-order valence-electron chi connectivity index (χ3n) is 2.96. The average Bonchev–Trinajstić information content (AvgIpc) is 3.09. The highest BCUT2D eigenvalue weighted by atomic mass is 32.2. The Labute approximate surface area is 137 Å².